The van der Waals surface area contributed by atoms with Gasteiger partial charge in [0.2, 0.25) is 0 Å². The second kappa shape index (κ2) is 6.41. The summed E-state index contributed by atoms with van der Waals surface area (Å²) in [5, 5.41) is 27.7. The summed E-state index contributed by atoms with van der Waals surface area (Å²) >= 11 is 0. The predicted octanol–water partition coefficient (Wildman–Crippen LogP) is 4.19. The van der Waals surface area contributed by atoms with E-state index in [-0.39, 0.29) is 5.06 Å². The topological polar surface area (TPSA) is 50.6 Å². The van der Waals surface area contributed by atoms with Crippen molar-refractivity contribution in [3.8, 4) is 0 Å². The van der Waals surface area contributed by atoms with Gasteiger partial charge in [-0.15, -0.1) is 10.3 Å². The number of fused-ring (bicyclic) bond motifs is 1. The van der Waals surface area contributed by atoms with Crippen molar-refractivity contribution in [3.05, 3.63) is 34.5 Å². The lowest BCUT2D eigenvalue weighted by Crippen LogP contribution is -3.10. The Morgan fingerprint density at radius 1 is 0.958 bits per heavy atom. The van der Waals surface area contributed by atoms with E-state index in [1.807, 2.05) is 39.0 Å². The maximum absolute atomic E-state index is 13.4. The van der Waals surface area contributed by atoms with Crippen molar-refractivity contribution in [2.75, 3.05) is 0 Å². The molecule has 0 aromatic heterocycles. The van der Waals surface area contributed by atoms with E-state index < -0.39 is 16.6 Å². The number of benzene rings is 1. The minimum absolute atomic E-state index is 0.134. The van der Waals surface area contributed by atoms with Crippen molar-refractivity contribution in [1.82, 2.24) is 5.06 Å². The molecule has 0 fully saturated rings. The van der Waals surface area contributed by atoms with Gasteiger partial charge in [-0.25, -0.2) is 0 Å². The van der Waals surface area contributed by atoms with E-state index in [9.17, 15) is 10.4 Å². The number of hydrogen-bond acceptors (Lipinski definition) is 2. The van der Waals surface area contributed by atoms with Crippen LogP contribution in [0, 0.1) is 5.21 Å². The van der Waals surface area contributed by atoms with Gasteiger partial charge >= 0.3 is 0 Å². The zero-order chi connectivity index (χ0) is 18.3. The summed E-state index contributed by atoms with van der Waals surface area (Å²) in [7, 11) is 0. The molecule has 135 valence electrons. The SMILES string of the molecule is CCC1(CC)c2ccc([NH+]([O-])C(C)(C)C)cc2C(CC)(CC)N1[O]. The third kappa shape index (κ3) is 2.51. The van der Waals surface area contributed by atoms with E-state index in [1.54, 1.807) is 0 Å². The molecule has 0 saturated heterocycles. The predicted molar refractivity (Wildman–Crippen MR) is 97.2 cm³/mol. The molecule has 0 aliphatic carbocycles. The second-order valence-electron chi connectivity index (χ2n) is 8.11. The van der Waals surface area contributed by atoms with Gasteiger partial charge in [0.15, 0.2) is 0 Å². The molecule has 1 heterocycles. The normalized spacial score (nSPS) is 20.9. The summed E-state index contributed by atoms with van der Waals surface area (Å²) in [6.45, 7) is 14.2. The van der Waals surface area contributed by atoms with Crippen LogP contribution in [0.4, 0.5) is 5.69 Å². The Morgan fingerprint density at radius 2 is 1.42 bits per heavy atom. The lowest BCUT2D eigenvalue weighted by molar-refractivity contribution is -0.832. The Hall–Kier alpha value is -0.940. The van der Waals surface area contributed by atoms with Crippen LogP contribution in [0.1, 0.15) is 85.3 Å². The molecule has 0 bridgehead atoms. The van der Waals surface area contributed by atoms with Gasteiger partial charge < -0.3 is 10.3 Å². The van der Waals surface area contributed by atoms with Crippen molar-refractivity contribution in [3.63, 3.8) is 0 Å². The molecule has 1 radical (unpaired) electrons. The number of rotatable bonds is 5. The molecule has 0 amide bonds. The first-order valence-corrected chi connectivity index (χ1v) is 9.31. The van der Waals surface area contributed by atoms with Gasteiger partial charge in [-0.1, -0.05) is 33.8 Å². The quantitative estimate of drug-likeness (QED) is 0.821. The third-order valence-corrected chi connectivity index (χ3v) is 6.08. The van der Waals surface area contributed by atoms with E-state index in [0.29, 0.717) is 0 Å². The Bertz CT molecular complexity index is 584. The van der Waals surface area contributed by atoms with E-state index in [1.165, 1.54) is 5.06 Å². The van der Waals surface area contributed by atoms with Crippen LogP contribution in [-0.4, -0.2) is 10.6 Å². The molecule has 1 atom stereocenters. The lowest BCUT2D eigenvalue weighted by Gasteiger charge is -2.40. The van der Waals surface area contributed by atoms with Crippen LogP contribution < -0.4 is 5.06 Å². The van der Waals surface area contributed by atoms with E-state index in [2.05, 4.69) is 27.7 Å². The first-order valence-electron chi connectivity index (χ1n) is 9.31. The average molecular weight is 333 g/mol. The molecule has 2 rings (SSSR count). The summed E-state index contributed by atoms with van der Waals surface area (Å²) in [6, 6.07) is 5.97. The minimum atomic E-state index is -0.518. The van der Waals surface area contributed by atoms with Gasteiger partial charge in [0.25, 0.3) is 0 Å². The number of nitrogens with one attached hydrogen (secondary N) is 1. The molecule has 0 spiro atoms. The highest BCUT2D eigenvalue weighted by molar-refractivity contribution is 5.50. The number of hydrogen-bond donors (Lipinski definition) is 1. The van der Waals surface area contributed by atoms with Crippen LogP contribution in [-0.2, 0) is 16.3 Å². The first-order chi connectivity index (χ1) is 11.1. The number of quaternary nitrogens is 1. The molecule has 1 unspecified atom stereocenters. The van der Waals surface area contributed by atoms with Crippen LogP contribution in [0.2, 0.25) is 0 Å². The molecule has 0 saturated carbocycles. The maximum Gasteiger partial charge on any atom is 0.131 e. The molecular weight excluding hydrogens is 300 g/mol. The lowest BCUT2D eigenvalue weighted by atomic mass is 9.82. The van der Waals surface area contributed by atoms with Gasteiger partial charge in [-0.05, 0) is 63.6 Å². The Labute approximate surface area is 147 Å². The fourth-order valence-corrected chi connectivity index (χ4v) is 4.37. The van der Waals surface area contributed by atoms with Crippen LogP contribution >= 0.6 is 0 Å². The third-order valence-electron chi connectivity index (χ3n) is 6.08. The zero-order valence-corrected chi connectivity index (χ0v) is 16.3. The molecule has 1 aromatic carbocycles. The van der Waals surface area contributed by atoms with Gasteiger partial charge in [-0.3, -0.25) is 0 Å². The summed E-state index contributed by atoms with van der Waals surface area (Å²) < 4.78 is 0. The molecular formula is C20H33N2O2. The van der Waals surface area contributed by atoms with E-state index in [4.69, 9.17) is 0 Å². The molecule has 4 nitrogen and oxygen atoms in total. The standard InChI is InChI=1S/C20H33N2O2/c1-8-19(9-2)16-13-12-15(21(23)18(5,6)7)14-17(16)20(10-3,11-4)22(19)24/h12-14,21H,8-11H2,1-7H3. The molecule has 1 N–H and O–H groups in total. The van der Waals surface area contributed by atoms with Crippen molar-refractivity contribution in [2.24, 2.45) is 0 Å². The van der Waals surface area contributed by atoms with Crippen molar-refractivity contribution < 1.29 is 10.3 Å². The summed E-state index contributed by atoms with van der Waals surface area (Å²) in [5.41, 5.74) is 1.51. The molecule has 24 heavy (non-hydrogen) atoms. The van der Waals surface area contributed by atoms with Crippen LogP contribution in [0.5, 0.6) is 0 Å². The minimum Gasteiger partial charge on any atom is -0.628 e. The highest BCUT2D eigenvalue weighted by Crippen LogP contribution is 2.55. The Morgan fingerprint density at radius 3 is 1.83 bits per heavy atom. The second-order valence-corrected chi connectivity index (χ2v) is 8.11. The van der Waals surface area contributed by atoms with Crippen molar-refractivity contribution in [1.29, 1.82) is 0 Å². The van der Waals surface area contributed by atoms with Crippen LogP contribution in [0.15, 0.2) is 18.2 Å². The van der Waals surface area contributed by atoms with E-state index >= 15 is 0 Å². The van der Waals surface area contributed by atoms with Gasteiger partial charge in [0.1, 0.15) is 5.69 Å². The fraction of sp³-hybridized carbons (Fsp3) is 0.700. The fourth-order valence-electron chi connectivity index (χ4n) is 4.37. The van der Waals surface area contributed by atoms with Gasteiger partial charge in [-0.2, -0.15) is 0 Å². The summed E-state index contributed by atoms with van der Waals surface area (Å²) in [6.07, 6.45) is 3.09. The Kier molecular flexibility index (Phi) is 5.18. The Balaban J connectivity index is 2.71. The largest absolute Gasteiger partial charge is 0.628 e. The van der Waals surface area contributed by atoms with Crippen LogP contribution in [0.25, 0.3) is 0 Å². The van der Waals surface area contributed by atoms with Gasteiger partial charge in [0.05, 0.1) is 16.6 Å². The monoisotopic (exact) mass is 333 g/mol. The first kappa shape index (κ1) is 19.4. The molecule has 4 heteroatoms. The molecule has 1 aromatic rings. The van der Waals surface area contributed by atoms with Gasteiger partial charge in [0, 0.05) is 6.07 Å². The smallest absolute Gasteiger partial charge is 0.131 e. The molecule has 1 aliphatic heterocycles. The highest BCUT2D eigenvalue weighted by Gasteiger charge is 2.56. The zero-order valence-electron chi connectivity index (χ0n) is 16.3. The average Bonchev–Trinajstić information content (AvgIpc) is 2.78. The molecule has 1 aliphatic rings. The highest BCUT2D eigenvalue weighted by atomic mass is 16.5. The number of nitrogens with zero attached hydrogens (tertiary/aromatic N) is 1. The van der Waals surface area contributed by atoms with Crippen molar-refractivity contribution in [2.45, 2.75) is 90.8 Å². The van der Waals surface area contributed by atoms with Crippen molar-refractivity contribution >= 4 is 5.69 Å². The summed E-state index contributed by atoms with van der Waals surface area (Å²) in [4.78, 5) is 0. The van der Waals surface area contributed by atoms with Crippen LogP contribution in [0.3, 0.4) is 0 Å². The maximum atomic E-state index is 13.4. The summed E-state index contributed by atoms with van der Waals surface area (Å²) in [5.74, 6) is 0. The van der Waals surface area contributed by atoms with E-state index in [0.717, 1.165) is 42.5 Å². The number of hydroxylamine groups is 3.